The van der Waals surface area contributed by atoms with E-state index < -0.39 is 18.3 Å². The molecule has 0 saturated heterocycles. The maximum Gasteiger partial charge on any atom is 0.427 e. The van der Waals surface area contributed by atoms with Crippen LogP contribution in [-0.4, -0.2) is 24.3 Å². The van der Waals surface area contributed by atoms with Crippen LogP contribution in [-0.2, 0) is 11.2 Å². The summed E-state index contributed by atoms with van der Waals surface area (Å²) < 4.78 is 42.5. The zero-order chi connectivity index (χ0) is 13.2. The average molecular weight is 258 g/mol. The van der Waals surface area contributed by atoms with Crippen LogP contribution in [0.1, 0.15) is 12.0 Å². The van der Waals surface area contributed by atoms with Gasteiger partial charge in [0.2, 0.25) is 6.10 Å². The van der Waals surface area contributed by atoms with Gasteiger partial charge in [-0.1, -0.05) is 30.3 Å². The van der Waals surface area contributed by atoms with Gasteiger partial charge in [0.25, 0.3) is 6.02 Å². The molecule has 0 radical (unpaired) electrons. The SMILES string of the molecule is NC1=NC(CCc2ccccc2)C(C(F)(F)F)O1. The summed E-state index contributed by atoms with van der Waals surface area (Å²) in [5, 5.41) is 0. The maximum absolute atomic E-state index is 12.7. The largest absolute Gasteiger partial charge is 0.450 e. The number of nitrogens with zero attached hydrogens (tertiary/aromatic N) is 1. The van der Waals surface area contributed by atoms with Crippen molar-refractivity contribution in [1.29, 1.82) is 0 Å². The Morgan fingerprint density at radius 2 is 1.89 bits per heavy atom. The first kappa shape index (κ1) is 12.7. The summed E-state index contributed by atoms with van der Waals surface area (Å²) in [4.78, 5) is 3.70. The molecular weight excluding hydrogens is 245 g/mol. The van der Waals surface area contributed by atoms with E-state index in [0.29, 0.717) is 6.42 Å². The van der Waals surface area contributed by atoms with Gasteiger partial charge in [-0.15, -0.1) is 0 Å². The zero-order valence-electron chi connectivity index (χ0n) is 9.52. The number of amidine groups is 1. The first-order chi connectivity index (χ1) is 8.47. The van der Waals surface area contributed by atoms with Crippen molar-refractivity contribution in [2.45, 2.75) is 31.2 Å². The monoisotopic (exact) mass is 258 g/mol. The maximum atomic E-state index is 12.7. The van der Waals surface area contributed by atoms with Gasteiger partial charge in [0.15, 0.2) is 0 Å². The molecule has 0 fully saturated rings. The Balaban J connectivity index is 1.99. The van der Waals surface area contributed by atoms with Crippen molar-refractivity contribution in [1.82, 2.24) is 0 Å². The van der Waals surface area contributed by atoms with Gasteiger partial charge in [-0.3, -0.25) is 0 Å². The number of nitrogens with two attached hydrogens (primary N) is 1. The summed E-state index contributed by atoms with van der Waals surface area (Å²) in [6.45, 7) is 0. The van der Waals surface area contributed by atoms with Crippen LogP contribution in [0.15, 0.2) is 35.3 Å². The number of benzene rings is 1. The quantitative estimate of drug-likeness (QED) is 0.904. The molecule has 6 heteroatoms. The number of aliphatic imine (C=N–C) groups is 1. The van der Waals surface area contributed by atoms with Crippen LogP contribution >= 0.6 is 0 Å². The second kappa shape index (κ2) is 4.88. The van der Waals surface area contributed by atoms with Crippen LogP contribution in [0, 0.1) is 0 Å². The molecule has 0 aromatic heterocycles. The van der Waals surface area contributed by atoms with Gasteiger partial charge in [0.1, 0.15) is 6.04 Å². The first-order valence-corrected chi connectivity index (χ1v) is 5.57. The zero-order valence-corrected chi connectivity index (χ0v) is 9.52. The molecule has 1 aromatic rings. The Hall–Kier alpha value is -1.72. The Bertz CT molecular complexity index is 431. The highest BCUT2D eigenvalue weighted by Crippen LogP contribution is 2.31. The van der Waals surface area contributed by atoms with Gasteiger partial charge in [0.05, 0.1) is 0 Å². The minimum absolute atomic E-state index is 0.259. The molecular formula is C12H13F3N2O. The first-order valence-electron chi connectivity index (χ1n) is 5.57. The minimum atomic E-state index is -4.44. The summed E-state index contributed by atoms with van der Waals surface area (Å²) in [5.74, 6) is 0. The standard InChI is InChI=1S/C12H13F3N2O/c13-12(14,15)10-9(17-11(16)18-10)7-6-8-4-2-1-3-5-8/h1-5,9-10H,6-7H2,(H2,16,17). The summed E-state index contributed by atoms with van der Waals surface area (Å²) in [7, 11) is 0. The summed E-state index contributed by atoms with van der Waals surface area (Å²) >= 11 is 0. The Kier molecular flexibility index (Phi) is 3.45. The number of aryl methyl sites for hydroxylation is 1. The number of ether oxygens (including phenoxy) is 1. The molecule has 1 aliphatic heterocycles. The van der Waals surface area contributed by atoms with Gasteiger partial charge in [-0.25, -0.2) is 4.99 Å². The van der Waals surface area contributed by atoms with Gasteiger partial charge in [-0.05, 0) is 18.4 Å². The van der Waals surface area contributed by atoms with E-state index in [1.807, 2.05) is 30.3 Å². The third kappa shape index (κ3) is 2.94. The molecule has 98 valence electrons. The molecule has 18 heavy (non-hydrogen) atoms. The van der Waals surface area contributed by atoms with Gasteiger partial charge in [0, 0.05) is 0 Å². The number of alkyl halides is 3. The van der Waals surface area contributed by atoms with E-state index in [9.17, 15) is 13.2 Å². The van der Waals surface area contributed by atoms with Gasteiger partial charge >= 0.3 is 6.18 Å². The Morgan fingerprint density at radius 3 is 2.50 bits per heavy atom. The molecule has 1 heterocycles. The third-order valence-electron chi connectivity index (χ3n) is 2.78. The summed E-state index contributed by atoms with van der Waals surface area (Å²) in [6, 6.07) is 7.95. The van der Waals surface area contributed by atoms with Crippen molar-refractivity contribution in [2.75, 3.05) is 0 Å². The van der Waals surface area contributed by atoms with Crippen molar-refractivity contribution < 1.29 is 17.9 Å². The van der Waals surface area contributed by atoms with Crippen LogP contribution < -0.4 is 5.73 Å². The van der Waals surface area contributed by atoms with E-state index in [4.69, 9.17) is 5.73 Å². The number of hydrogen-bond acceptors (Lipinski definition) is 3. The normalized spacial score (nSPS) is 23.6. The van der Waals surface area contributed by atoms with E-state index in [1.54, 1.807) is 0 Å². The fourth-order valence-electron chi connectivity index (χ4n) is 1.93. The molecule has 2 unspecified atom stereocenters. The highest BCUT2D eigenvalue weighted by molar-refractivity contribution is 5.73. The average Bonchev–Trinajstić information content (AvgIpc) is 2.69. The molecule has 1 aliphatic rings. The van der Waals surface area contributed by atoms with Crippen molar-refractivity contribution in [3.05, 3.63) is 35.9 Å². The van der Waals surface area contributed by atoms with Crippen LogP contribution in [0.5, 0.6) is 0 Å². The molecule has 0 aliphatic carbocycles. The lowest BCUT2D eigenvalue weighted by Gasteiger charge is -2.19. The molecule has 2 rings (SSSR count). The fraction of sp³-hybridized carbons (Fsp3) is 0.417. The number of rotatable bonds is 3. The van der Waals surface area contributed by atoms with E-state index in [2.05, 4.69) is 9.73 Å². The lowest BCUT2D eigenvalue weighted by molar-refractivity contribution is -0.199. The van der Waals surface area contributed by atoms with Crippen molar-refractivity contribution >= 4 is 6.02 Å². The van der Waals surface area contributed by atoms with Crippen LogP contribution in [0.4, 0.5) is 13.2 Å². The van der Waals surface area contributed by atoms with Crippen molar-refractivity contribution in [3.63, 3.8) is 0 Å². The Labute approximate surface area is 102 Å². The lowest BCUT2D eigenvalue weighted by Crippen LogP contribution is -2.38. The third-order valence-corrected chi connectivity index (χ3v) is 2.78. The van der Waals surface area contributed by atoms with Crippen molar-refractivity contribution in [3.8, 4) is 0 Å². The second-order valence-electron chi connectivity index (χ2n) is 4.14. The molecule has 0 spiro atoms. The number of halogens is 3. The van der Waals surface area contributed by atoms with Crippen molar-refractivity contribution in [2.24, 2.45) is 10.7 Å². The molecule has 2 N–H and O–H groups in total. The highest BCUT2D eigenvalue weighted by Gasteiger charge is 2.50. The predicted octanol–water partition coefficient (Wildman–Crippen LogP) is 2.26. The lowest BCUT2D eigenvalue weighted by atomic mass is 10.0. The molecule has 0 amide bonds. The highest BCUT2D eigenvalue weighted by atomic mass is 19.4. The van der Waals surface area contributed by atoms with E-state index in [0.717, 1.165) is 5.56 Å². The Morgan fingerprint density at radius 1 is 1.22 bits per heavy atom. The van der Waals surface area contributed by atoms with Gasteiger partial charge < -0.3 is 10.5 Å². The van der Waals surface area contributed by atoms with Crippen LogP contribution in [0.2, 0.25) is 0 Å². The molecule has 0 bridgehead atoms. The number of hydrogen-bond donors (Lipinski definition) is 1. The van der Waals surface area contributed by atoms with E-state index in [1.165, 1.54) is 0 Å². The topological polar surface area (TPSA) is 47.6 Å². The molecule has 0 saturated carbocycles. The van der Waals surface area contributed by atoms with Gasteiger partial charge in [-0.2, -0.15) is 13.2 Å². The molecule has 2 atom stereocenters. The summed E-state index contributed by atoms with van der Waals surface area (Å²) in [5.41, 5.74) is 6.18. The van der Waals surface area contributed by atoms with Crippen LogP contribution in [0.25, 0.3) is 0 Å². The second-order valence-corrected chi connectivity index (χ2v) is 4.14. The summed E-state index contributed by atoms with van der Waals surface area (Å²) in [6.07, 6.45) is -5.58. The molecule has 1 aromatic carbocycles. The smallest absolute Gasteiger partial charge is 0.427 e. The molecule has 3 nitrogen and oxygen atoms in total. The predicted molar refractivity (Wildman–Crippen MR) is 61.1 cm³/mol. The van der Waals surface area contributed by atoms with E-state index >= 15 is 0 Å². The van der Waals surface area contributed by atoms with Crippen LogP contribution in [0.3, 0.4) is 0 Å². The van der Waals surface area contributed by atoms with E-state index in [-0.39, 0.29) is 12.4 Å². The minimum Gasteiger partial charge on any atom is -0.450 e. The fourth-order valence-corrected chi connectivity index (χ4v) is 1.93.